The number of benzene rings is 1. The van der Waals surface area contributed by atoms with Crippen LogP contribution < -0.4 is 10.1 Å². The lowest BCUT2D eigenvalue weighted by Gasteiger charge is -2.16. The molecule has 1 rings (SSSR count). The Balaban J connectivity index is 2.72. The van der Waals surface area contributed by atoms with Crippen molar-refractivity contribution in [3.05, 3.63) is 28.2 Å². The Hall–Kier alpha value is -1.02. The zero-order valence-electron chi connectivity index (χ0n) is 10.4. The maximum Gasteiger partial charge on any atom is 0.148 e. The topological polar surface area (TPSA) is 41.5 Å². The number of aliphatic hydroxyl groups is 1. The van der Waals surface area contributed by atoms with E-state index in [0.29, 0.717) is 6.54 Å². The van der Waals surface area contributed by atoms with Crippen molar-refractivity contribution in [1.29, 1.82) is 0 Å². The Labute approximate surface area is 117 Å². The van der Waals surface area contributed by atoms with Gasteiger partial charge in [-0.1, -0.05) is 28.8 Å². The third kappa shape index (κ3) is 4.69. The zero-order valence-corrected chi connectivity index (χ0v) is 12.0. The summed E-state index contributed by atoms with van der Waals surface area (Å²) in [6.45, 7) is 3.06. The first kappa shape index (κ1) is 15.0. The predicted octanol–water partition coefficient (Wildman–Crippen LogP) is 2.32. The zero-order chi connectivity index (χ0) is 13.4. The summed E-state index contributed by atoms with van der Waals surface area (Å²) in [5, 5.41) is 12.4. The molecule has 0 spiro atoms. The molecule has 0 bridgehead atoms. The van der Waals surface area contributed by atoms with Gasteiger partial charge in [-0.15, -0.1) is 6.42 Å². The van der Waals surface area contributed by atoms with Gasteiger partial charge in [0.1, 0.15) is 12.4 Å². The summed E-state index contributed by atoms with van der Waals surface area (Å²) < 4.78 is 6.47. The van der Waals surface area contributed by atoms with Crippen molar-refractivity contribution in [2.24, 2.45) is 0 Å². The van der Waals surface area contributed by atoms with E-state index >= 15 is 0 Å². The van der Waals surface area contributed by atoms with Gasteiger partial charge in [0.05, 0.1) is 6.61 Å². The molecule has 0 radical (unpaired) electrons. The second-order valence-electron chi connectivity index (χ2n) is 3.91. The van der Waals surface area contributed by atoms with E-state index in [9.17, 15) is 0 Å². The van der Waals surface area contributed by atoms with E-state index in [4.69, 9.17) is 16.3 Å². The number of halogens is 1. The van der Waals surface area contributed by atoms with Gasteiger partial charge >= 0.3 is 0 Å². The molecular formula is C14H18BrNO2. The molecule has 0 saturated carbocycles. The molecule has 18 heavy (non-hydrogen) atoms. The molecule has 4 heteroatoms. The van der Waals surface area contributed by atoms with Gasteiger partial charge in [-0.3, -0.25) is 0 Å². The van der Waals surface area contributed by atoms with Gasteiger partial charge in [0.15, 0.2) is 0 Å². The van der Waals surface area contributed by atoms with Crippen molar-refractivity contribution in [2.45, 2.75) is 25.9 Å². The first-order valence-electron chi connectivity index (χ1n) is 5.90. The highest BCUT2D eigenvalue weighted by Crippen LogP contribution is 2.23. The Morgan fingerprint density at radius 2 is 2.33 bits per heavy atom. The second kappa shape index (κ2) is 8.15. The van der Waals surface area contributed by atoms with Crippen LogP contribution in [0.3, 0.4) is 0 Å². The number of rotatable bonds is 7. The lowest BCUT2D eigenvalue weighted by atomic mass is 10.1. The van der Waals surface area contributed by atoms with Crippen LogP contribution in [0.25, 0.3) is 0 Å². The molecule has 0 unspecified atom stereocenters. The number of aliphatic hydroxyl groups excluding tert-OH is 1. The molecule has 0 amide bonds. The SMILES string of the molecule is C#CCOc1ccc(Br)cc1CN[C@H](CC)CO. The van der Waals surface area contributed by atoms with Gasteiger partial charge in [0.25, 0.3) is 0 Å². The molecule has 0 aromatic heterocycles. The van der Waals surface area contributed by atoms with Crippen LogP contribution in [-0.4, -0.2) is 24.4 Å². The van der Waals surface area contributed by atoms with E-state index in [1.54, 1.807) is 0 Å². The van der Waals surface area contributed by atoms with Crippen molar-refractivity contribution < 1.29 is 9.84 Å². The van der Waals surface area contributed by atoms with E-state index < -0.39 is 0 Å². The van der Waals surface area contributed by atoms with E-state index in [1.165, 1.54) is 0 Å². The van der Waals surface area contributed by atoms with Crippen LogP contribution >= 0.6 is 15.9 Å². The van der Waals surface area contributed by atoms with Crippen molar-refractivity contribution in [3.63, 3.8) is 0 Å². The molecule has 98 valence electrons. The summed E-state index contributed by atoms with van der Waals surface area (Å²) >= 11 is 3.43. The van der Waals surface area contributed by atoms with Crippen molar-refractivity contribution >= 4 is 15.9 Å². The minimum atomic E-state index is 0.101. The summed E-state index contributed by atoms with van der Waals surface area (Å²) in [4.78, 5) is 0. The molecule has 0 aliphatic rings. The van der Waals surface area contributed by atoms with Crippen LogP contribution in [0.1, 0.15) is 18.9 Å². The Morgan fingerprint density at radius 3 is 2.94 bits per heavy atom. The van der Waals surface area contributed by atoms with Gasteiger partial charge in [0.2, 0.25) is 0 Å². The maximum atomic E-state index is 9.14. The highest BCUT2D eigenvalue weighted by atomic mass is 79.9. The number of hydrogen-bond donors (Lipinski definition) is 2. The Kier molecular flexibility index (Phi) is 6.81. The summed E-state index contributed by atoms with van der Waals surface area (Å²) in [5.41, 5.74) is 1.02. The fourth-order valence-corrected chi connectivity index (χ4v) is 1.95. The minimum absolute atomic E-state index is 0.101. The van der Waals surface area contributed by atoms with Gasteiger partial charge in [-0.2, -0.15) is 0 Å². The minimum Gasteiger partial charge on any atom is -0.481 e. The molecule has 1 aromatic rings. The summed E-state index contributed by atoms with van der Waals surface area (Å²) in [7, 11) is 0. The van der Waals surface area contributed by atoms with Crippen LogP contribution in [0.15, 0.2) is 22.7 Å². The Morgan fingerprint density at radius 1 is 1.56 bits per heavy atom. The Bertz CT molecular complexity index is 411. The monoisotopic (exact) mass is 311 g/mol. The van der Waals surface area contributed by atoms with Gasteiger partial charge in [-0.05, 0) is 24.6 Å². The smallest absolute Gasteiger partial charge is 0.148 e. The summed E-state index contributed by atoms with van der Waals surface area (Å²) in [5.74, 6) is 3.23. The molecule has 3 nitrogen and oxygen atoms in total. The molecule has 1 aromatic carbocycles. The average Bonchev–Trinajstić information content (AvgIpc) is 2.39. The lowest BCUT2D eigenvalue weighted by Crippen LogP contribution is -2.31. The third-order valence-electron chi connectivity index (χ3n) is 2.63. The number of ether oxygens (including phenoxy) is 1. The fourth-order valence-electron chi connectivity index (χ4n) is 1.54. The molecular weight excluding hydrogens is 294 g/mol. The van der Waals surface area contributed by atoms with E-state index in [0.717, 1.165) is 22.2 Å². The van der Waals surface area contributed by atoms with Crippen LogP contribution in [0.2, 0.25) is 0 Å². The van der Waals surface area contributed by atoms with E-state index in [1.807, 2.05) is 25.1 Å². The second-order valence-corrected chi connectivity index (χ2v) is 4.83. The third-order valence-corrected chi connectivity index (χ3v) is 3.12. The largest absolute Gasteiger partial charge is 0.481 e. The fraction of sp³-hybridized carbons (Fsp3) is 0.429. The number of hydrogen-bond acceptors (Lipinski definition) is 3. The summed E-state index contributed by atoms with van der Waals surface area (Å²) in [6, 6.07) is 5.89. The highest BCUT2D eigenvalue weighted by molar-refractivity contribution is 9.10. The summed E-state index contributed by atoms with van der Waals surface area (Å²) in [6.07, 6.45) is 6.07. The van der Waals surface area contributed by atoms with Crippen LogP contribution in [0, 0.1) is 12.3 Å². The van der Waals surface area contributed by atoms with E-state index in [-0.39, 0.29) is 19.3 Å². The molecule has 0 heterocycles. The van der Waals surface area contributed by atoms with Gasteiger partial charge < -0.3 is 15.2 Å². The molecule has 1 atom stereocenters. The first-order chi connectivity index (χ1) is 8.71. The van der Waals surface area contributed by atoms with Crippen molar-refractivity contribution in [3.8, 4) is 18.1 Å². The average molecular weight is 312 g/mol. The lowest BCUT2D eigenvalue weighted by molar-refractivity contribution is 0.237. The quantitative estimate of drug-likeness (QED) is 0.759. The number of terminal acetylenes is 1. The predicted molar refractivity (Wildman–Crippen MR) is 76.5 cm³/mol. The number of nitrogens with one attached hydrogen (secondary N) is 1. The van der Waals surface area contributed by atoms with Gasteiger partial charge in [0, 0.05) is 22.6 Å². The molecule has 0 saturated heterocycles. The van der Waals surface area contributed by atoms with Crippen LogP contribution in [0.5, 0.6) is 5.75 Å². The highest BCUT2D eigenvalue weighted by Gasteiger charge is 2.08. The van der Waals surface area contributed by atoms with Crippen LogP contribution in [0.4, 0.5) is 0 Å². The van der Waals surface area contributed by atoms with E-state index in [2.05, 4.69) is 27.2 Å². The van der Waals surface area contributed by atoms with Crippen molar-refractivity contribution in [2.75, 3.05) is 13.2 Å². The van der Waals surface area contributed by atoms with Gasteiger partial charge in [-0.25, -0.2) is 0 Å². The first-order valence-corrected chi connectivity index (χ1v) is 6.69. The molecule has 0 aliphatic heterocycles. The molecule has 0 aliphatic carbocycles. The van der Waals surface area contributed by atoms with Crippen molar-refractivity contribution in [1.82, 2.24) is 5.32 Å². The normalized spacial score (nSPS) is 11.9. The molecule has 2 N–H and O–H groups in total. The van der Waals surface area contributed by atoms with Crippen LogP contribution in [-0.2, 0) is 6.54 Å². The molecule has 0 fully saturated rings. The maximum absolute atomic E-state index is 9.14. The standard InChI is InChI=1S/C14H18BrNO2/c1-3-7-18-14-6-5-12(15)8-11(14)9-16-13(4-2)10-17/h1,5-6,8,13,16-17H,4,7,9-10H2,2H3/t13-/m1/s1.